The first kappa shape index (κ1) is 27.2. The molecule has 0 atom stereocenters. The van der Waals surface area contributed by atoms with E-state index in [9.17, 15) is 14.4 Å². The number of ether oxygens (including phenoxy) is 2. The molecule has 0 radical (unpaired) electrons. The van der Waals surface area contributed by atoms with E-state index < -0.39 is 17.8 Å². The van der Waals surface area contributed by atoms with Gasteiger partial charge in [-0.25, -0.2) is 4.79 Å². The van der Waals surface area contributed by atoms with E-state index in [0.29, 0.717) is 36.7 Å². The van der Waals surface area contributed by atoms with Crippen LogP contribution in [0.1, 0.15) is 55.7 Å². The van der Waals surface area contributed by atoms with Gasteiger partial charge in [-0.05, 0) is 66.3 Å². The van der Waals surface area contributed by atoms with Crippen molar-refractivity contribution < 1.29 is 23.9 Å². The number of fused-ring (bicyclic) bond motifs is 1. The predicted molar refractivity (Wildman–Crippen MR) is 155 cm³/mol. The van der Waals surface area contributed by atoms with E-state index in [-0.39, 0.29) is 11.6 Å². The number of hydrogen-bond acceptors (Lipinski definition) is 5. The van der Waals surface area contributed by atoms with E-state index in [4.69, 9.17) is 9.47 Å². The number of amides is 4. The first-order valence-electron chi connectivity index (χ1n) is 13.9. The summed E-state index contributed by atoms with van der Waals surface area (Å²) >= 11 is 0. The third-order valence-electron chi connectivity index (χ3n) is 7.45. The van der Waals surface area contributed by atoms with Crippen molar-refractivity contribution in [3.63, 3.8) is 0 Å². The number of urea groups is 1. The van der Waals surface area contributed by atoms with E-state index >= 15 is 0 Å². The molecule has 1 heterocycles. The van der Waals surface area contributed by atoms with Crippen molar-refractivity contribution in [2.45, 2.75) is 58.1 Å². The molecule has 1 aliphatic carbocycles. The normalized spacial score (nSPS) is 17.3. The van der Waals surface area contributed by atoms with Gasteiger partial charge in [0, 0.05) is 11.6 Å². The minimum absolute atomic E-state index is 0.0680. The van der Waals surface area contributed by atoms with E-state index in [1.807, 2.05) is 37.3 Å². The number of imide groups is 2. The third kappa shape index (κ3) is 5.64. The summed E-state index contributed by atoms with van der Waals surface area (Å²) in [5.74, 6) is -0.144. The first-order chi connectivity index (χ1) is 19.5. The number of carbonyl (C=O) groups is 3. The van der Waals surface area contributed by atoms with Crippen molar-refractivity contribution >= 4 is 34.7 Å². The van der Waals surface area contributed by atoms with E-state index in [1.165, 1.54) is 11.0 Å². The van der Waals surface area contributed by atoms with Gasteiger partial charge in [0.1, 0.15) is 12.2 Å². The molecule has 1 saturated carbocycles. The molecule has 7 heteroatoms. The van der Waals surface area contributed by atoms with Gasteiger partial charge in [-0.1, -0.05) is 67.8 Å². The van der Waals surface area contributed by atoms with Crippen LogP contribution in [-0.2, 0) is 22.6 Å². The lowest BCUT2D eigenvalue weighted by Gasteiger charge is -2.35. The minimum atomic E-state index is -0.693. The maximum absolute atomic E-state index is 13.4. The summed E-state index contributed by atoms with van der Waals surface area (Å²) in [7, 11) is 0. The number of nitrogens with one attached hydrogen (secondary N) is 1. The number of hydrogen-bond donors (Lipinski definition) is 1. The first-order valence-corrected chi connectivity index (χ1v) is 13.9. The number of allylic oxidation sites excluding steroid dienone is 1. The lowest BCUT2D eigenvalue weighted by atomic mass is 9.93. The number of barbiturate groups is 1. The molecule has 5 rings (SSSR count). The molecular weight excluding hydrogens is 504 g/mol. The molecule has 3 aromatic rings. The zero-order valence-corrected chi connectivity index (χ0v) is 22.8. The molecule has 2 fully saturated rings. The highest BCUT2D eigenvalue weighted by molar-refractivity contribution is 6.31. The Morgan fingerprint density at radius 2 is 1.75 bits per heavy atom. The van der Waals surface area contributed by atoms with Crippen LogP contribution >= 0.6 is 0 Å². The lowest BCUT2D eigenvalue weighted by Crippen LogP contribution is -2.58. The Kier molecular flexibility index (Phi) is 8.29. The van der Waals surface area contributed by atoms with Crippen molar-refractivity contribution in [2.75, 3.05) is 6.61 Å². The molecule has 0 spiro atoms. The van der Waals surface area contributed by atoms with Gasteiger partial charge in [0.05, 0.1) is 6.61 Å². The monoisotopic (exact) mass is 538 g/mol. The summed E-state index contributed by atoms with van der Waals surface area (Å²) in [6.45, 7) is 6.53. The van der Waals surface area contributed by atoms with Crippen LogP contribution in [0.15, 0.2) is 72.8 Å². The topological polar surface area (TPSA) is 84.9 Å². The molecule has 7 nitrogen and oxygen atoms in total. The second-order valence-electron chi connectivity index (χ2n) is 10.1. The Morgan fingerprint density at radius 1 is 0.975 bits per heavy atom. The van der Waals surface area contributed by atoms with Gasteiger partial charge in [-0.2, -0.15) is 0 Å². The largest absolute Gasteiger partial charge is 0.490 e. The van der Waals surface area contributed by atoms with E-state index in [0.717, 1.165) is 54.0 Å². The molecule has 4 amide bonds. The Morgan fingerprint density at radius 3 is 2.52 bits per heavy atom. The van der Waals surface area contributed by atoms with Gasteiger partial charge >= 0.3 is 6.03 Å². The summed E-state index contributed by atoms with van der Waals surface area (Å²) < 4.78 is 12.4. The van der Waals surface area contributed by atoms with Crippen LogP contribution in [0, 0.1) is 0 Å². The van der Waals surface area contributed by atoms with Crippen molar-refractivity contribution in [3.8, 4) is 11.5 Å². The lowest BCUT2D eigenvalue weighted by molar-refractivity contribution is -0.132. The molecule has 3 aromatic carbocycles. The summed E-state index contributed by atoms with van der Waals surface area (Å²) in [6, 6.07) is 17.1. The average Bonchev–Trinajstić information content (AvgIpc) is 2.96. The fourth-order valence-corrected chi connectivity index (χ4v) is 5.58. The van der Waals surface area contributed by atoms with Crippen LogP contribution in [0.5, 0.6) is 11.5 Å². The van der Waals surface area contributed by atoms with Crippen LogP contribution in [0.25, 0.3) is 16.8 Å². The Balaban J connectivity index is 1.48. The maximum atomic E-state index is 13.4. The summed E-state index contributed by atoms with van der Waals surface area (Å²) in [5.41, 5.74) is 2.40. The molecule has 2 aliphatic rings. The zero-order valence-electron chi connectivity index (χ0n) is 22.8. The number of rotatable bonds is 9. The second kappa shape index (κ2) is 12.2. The van der Waals surface area contributed by atoms with Gasteiger partial charge in [0.2, 0.25) is 0 Å². The SMILES string of the molecule is C=CCc1cc(C=C2C(=O)NC(=O)N(C3CCCCC3)C2=O)cc(OCC)c1OCc1cccc2ccccc12. The predicted octanol–water partition coefficient (Wildman–Crippen LogP) is 6.34. The van der Waals surface area contributed by atoms with E-state index in [2.05, 4.69) is 30.1 Å². The van der Waals surface area contributed by atoms with Crippen molar-refractivity contribution in [1.29, 1.82) is 0 Å². The zero-order chi connectivity index (χ0) is 28.1. The van der Waals surface area contributed by atoms with Gasteiger partial charge in [0.25, 0.3) is 11.8 Å². The van der Waals surface area contributed by atoms with Crippen LogP contribution < -0.4 is 14.8 Å². The van der Waals surface area contributed by atoms with Crippen molar-refractivity contribution in [2.24, 2.45) is 0 Å². The molecule has 0 aromatic heterocycles. The summed E-state index contributed by atoms with van der Waals surface area (Å²) in [5, 5.41) is 4.61. The molecule has 0 unspecified atom stereocenters. The Hall–Kier alpha value is -4.39. The van der Waals surface area contributed by atoms with Crippen LogP contribution in [0.3, 0.4) is 0 Å². The smallest absolute Gasteiger partial charge is 0.331 e. The minimum Gasteiger partial charge on any atom is -0.490 e. The second-order valence-corrected chi connectivity index (χ2v) is 10.1. The van der Waals surface area contributed by atoms with Gasteiger partial charge < -0.3 is 9.47 Å². The third-order valence-corrected chi connectivity index (χ3v) is 7.45. The fraction of sp³-hybridized carbons (Fsp3) is 0.303. The number of benzene rings is 3. The number of carbonyl (C=O) groups excluding carboxylic acids is 3. The number of nitrogens with zero attached hydrogens (tertiary/aromatic N) is 1. The molecule has 1 N–H and O–H groups in total. The maximum Gasteiger partial charge on any atom is 0.331 e. The van der Waals surface area contributed by atoms with Crippen molar-refractivity contribution in [1.82, 2.24) is 10.2 Å². The molecule has 1 aliphatic heterocycles. The molecule has 206 valence electrons. The fourth-order valence-electron chi connectivity index (χ4n) is 5.58. The Labute approximate surface area is 234 Å². The average molecular weight is 539 g/mol. The molecule has 0 bridgehead atoms. The molecular formula is C33H34N2O5. The van der Waals surface area contributed by atoms with Gasteiger partial charge in [-0.15, -0.1) is 6.58 Å². The highest BCUT2D eigenvalue weighted by Crippen LogP contribution is 2.36. The molecule has 1 saturated heterocycles. The van der Waals surface area contributed by atoms with Crippen LogP contribution in [0.2, 0.25) is 0 Å². The summed E-state index contributed by atoms with van der Waals surface area (Å²) in [4.78, 5) is 40.0. The van der Waals surface area contributed by atoms with Crippen LogP contribution in [-0.4, -0.2) is 35.4 Å². The highest BCUT2D eigenvalue weighted by Gasteiger charge is 2.40. The Bertz CT molecular complexity index is 1480. The van der Waals surface area contributed by atoms with Crippen molar-refractivity contribution in [3.05, 3.63) is 89.5 Å². The van der Waals surface area contributed by atoms with Gasteiger partial charge in [0.15, 0.2) is 11.5 Å². The standard InChI is InChI=1S/C33H34N2O5/c1-3-11-24-18-22(19-28-31(36)34-33(38)35(32(28)37)26-15-6-5-7-16-26)20-29(39-4-2)30(24)40-21-25-14-10-13-23-12-8-9-17-27(23)25/h3,8-10,12-14,17-20,26H,1,4-7,11,15-16,21H2,2H3,(H,34,36,38). The molecule has 40 heavy (non-hydrogen) atoms. The van der Waals surface area contributed by atoms with E-state index in [1.54, 1.807) is 12.1 Å². The van der Waals surface area contributed by atoms with Gasteiger partial charge in [-0.3, -0.25) is 19.8 Å². The van der Waals surface area contributed by atoms with Crippen LogP contribution in [0.4, 0.5) is 4.79 Å². The quantitative estimate of drug-likeness (QED) is 0.195. The highest BCUT2D eigenvalue weighted by atomic mass is 16.5. The summed E-state index contributed by atoms with van der Waals surface area (Å²) in [6.07, 6.45) is 8.30.